The lowest BCUT2D eigenvalue weighted by Crippen LogP contribution is -2.38. The molecule has 4 heteroatoms. The number of hydrogen-bond donors (Lipinski definition) is 2. The molecule has 0 aliphatic rings. The molecule has 0 heterocycles. The number of primary amides is 1. The summed E-state index contributed by atoms with van der Waals surface area (Å²) >= 11 is 0. The fourth-order valence-electron chi connectivity index (χ4n) is 0.969. The minimum Gasteiger partial charge on any atom is -0.368 e. The summed E-state index contributed by atoms with van der Waals surface area (Å²) < 4.78 is 0. The Morgan fingerprint density at radius 3 is 2.31 bits per heavy atom. The first-order chi connectivity index (χ1) is 5.70. The SMILES string of the molecule is NC(=O)[C@H](N)Cc1ccccc1.S. The van der Waals surface area contributed by atoms with Crippen LogP contribution in [-0.4, -0.2) is 11.9 Å². The van der Waals surface area contributed by atoms with Crippen LogP contribution in [0.4, 0.5) is 0 Å². The summed E-state index contributed by atoms with van der Waals surface area (Å²) in [4.78, 5) is 10.6. The molecule has 0 saturated heterocycles. The van der Waals surface area contributed by atoms with Crippen molar-refractivity contribution >= 4 is 19.4 Å². The topological polar surface area (TPSA) is 69.1 Å². The fourth-order valence-corrected chi connectivity index (χ4v) is 0.969. The molecule has 13 heavy (non-hydrogen) atoms. The molecule has 1 amide bonds. The summed E-state index contributed by atoms with van der Waals surface area (Å²) in [6.45, 7) is 0. The van der Waals surface area contributed by atoms with Gasteiger partial charge >= 0.3 is 0 Å². The van der Waals surface area contributed by atoms with E-state index in [0.717, 1.165) is 5.56 Å². The summed E-state index contributed by atoms with van der Waals surface area (Å²) in [7, 11) is 0. The second-order valence-corrected chi connectivity index (χ2v) is 2.70. The predicted molar refractivity (Wildman–Crippen MR) is 57.7 cm³/mol. The Labute approximate surface area is 84.6 Å². The van der Waals surface area contributed by atoms with Crippen molar-refractivity contribution in [1.29, 1.82) is 0 Å². The van der Waals surface area contributed by atoms with E-state index >= 15 is 0 Å². The first kappa shape index (κ1) is 12.0. The molecule has 0 spiro atoms. The summed E-state index contributed by atoms with van der Waals surface area (Å²) in [5.41, 5.74) is 11.5. The Hall–Kier alpha value is -1.00. The van der Waals surface area contributed by atoms with Crippen LogP contribution in [0.5, 0.6) is 0 Å². The van der Waals surface area contributed by atoms with Crippen LogP contribution in [0.2, 0.25) is 0 Å². The maximum atomic E-state index is 10.6. The van der Waals surface area contributed by atoms with Crippen molar-refractivity contribution in [2.45, 2.75) is 12.5 Å². The van der Waals surface area contributed by atoms with E-state index in [1.807, 2.05) is 30.3 Å². The number of rotatable bonds is 3. The van der Waals surface area contributed by atoms with E-state index in [2.05, 4.69) is 0 Å². The van der Waals surface area contributed by atoms with Gasteiger partial charge in [-0.3, -0.25) is 4.79 Å². The highest BCUT2D eigenvalue weighted by atomic mass is 32.1. The number of hydrogen-bond acceptors (Lipinski definition) is 2. The summed E-state index contributed by atoms with van der Waals surface area (Å²) in [6, 6.07) is 8.99. The zero-order chi connectivity index (χ0) is 8.97. The van der Waals surface area contributed by atoms with E-state index in [4.69, 9.17) is 11.5 Å². The Kier molecular flexibility index (Phi) is 5.18. The quantitative estimate of drug-likeness (QED) is 0.726. The molecule has 0 saturated carbocycles. The molecule has 0 aliphatic carbocycles. The first-order valence-electron chi connectivity index (χ1n) is 3.79. The highest BCUT2D eigenvalue weighted by molar-refractivity contribution is 7.59. The molecular formula is C9H14N2OS. The van der Waals surface area contributed by atoms with Crippen molar-refractivity contribution in [1.82, 2.24) is 0 Å². The van der Waals surface area contributed by atoms with Gasteiger partial charge in [0, 0.05) is 0 Å². The van der Waals surface area contributed by atoms with Crippen LogP contribution in [0.25, 0.3) is 0 Å². The molecular weight excluding hydrogens is 184 g/mol. The van der Waals surface area contributed by atoms with Gasteiger partial charge in [-0.25, -0.2) is 0 Å². The zero-order valence-corrected chi connectivity index (χ0v) is 8.23. The van der Waals surface area contributed by atoms with Crippen LogP contribution in [-0.2, 0) is 11.2 Å². The molecule has 0 aromatic heterocycles. The van der Waals surface area contributed by atoms with Crippen LogP contribution in [0.3, 0.4) is 0 Å². The molecule has 0 bridgehead atoms. The molecule has 1 atom stereocenters. The van der Waals surface area contributed by atoms with Crippen LogP contribution in [0.15, 0.2) is 30.3 Å². The summed E-state index contributed by atoms with van der Waals surface area (Å²) in [5, 5.41) is 0. The van der Waals surface area contributed by atoms with Gasteiger partial charge in [0.15, 0.2) is 0 Å². The average molecular weight is 198 g/mol. The third-order valence-electron chi connectivity index (χ3n) is 1.66. The number of benzene rings is 1. The van der Waals surface area contributed by atoms with Gasteiger partial charge in [0.1, 0.15) is 0 Å². The molecule has 0 fully saturated rings. The van der Waals surface area contributed by atoms with E-state index in [1.165, 1.54) is 0 Å². The Balaban J connectivity index is 0.00000144. The van der Waals surface area contributed by atoms with Gasteiger partial charge in [0.25, 0.3) is 0 Å². The standard InChI is InChI=1S/C9H12N2O.H2S/c10-8(9(11)12)6-7-4-2-1-3-5-7;/h1-5,8H,6,10H2,(H2,11,12);1H2/t8-;/m1./s1. The van der Waals surface area contributed by atoms with Gasteiger partial charge in [-0.05, 0) is 12.0 Å². The van der Waals surface area contributed by atoms with Gasteiger partial charge in [0.2, 0.25) is 5.91 Å². The number of carbonyl (C=O) groups is 1. The molecule has 1 rings (SSSR count). The third-order valence-corrected chi connectivity index (χ3v) is 1.66. The molecule has 3 nitrogen and oxygen atoms in total. The predicted octanol–water partition coefficient (Wildman–Crippen LogP) is 0.155. The van der Waals surface area contributed by atoms with Crippen LogP contribution < -0.4 is 11.5 Å². The van der Waals surface area contributed by atoms with Crippen LogP contribution >= 0.6 is 13.5 Å². The Bertz CT molecular complexity index is 264. The van der Waals surface area contributed by atoms with Crippen molar-refractivity contribution in [3.05, 3.63) is 35.9 Å². The van der Waals surface area contributed by atoms with Crippen molar-refractivity contribution in [3.63, 3.8) is 0 Å². The summed E-state index contributed by atoms with van der Waals surface area (Å²) in [5.74, 6) is -0.459. The highest BCUT2D eigenvalue weighted by Crippen LogP contribution is 2.00. The largest absolute Gasteiger partial charge is 0.368 e. The second-order valence-electron chi connectivity index (χ2n) is 2.70. The molecule has 0 aliphatic heterocycles. The lowest BCUT2D eigenvalue weighted by Gasteiger charge is -2.06. The average Bonchev–Trinajstić information content (AvgIpc) is 2.06. The highest BCUT2D eigenvalue weighted by Gasteiger charge is 2.08. The van der Waals surface area contributed by atoms with Crippen LogP contribution in [0.1, 0.15) is 5.56 Å². The van der Waals surface area contributed by atoms with Gasteiger partial charge in [-0.1, -0.05) is 30.3 Å². The summed E-state index contributed by atoms with van der Waals surface area (Å²) in [6.07, 6.45) is 0.510. The van der Waals surface area contributed by atoms with Gasteiger partial charge in [0.05, 0.1) is 6.04 Å². The lowest BCUT2D eigenvalue weighted by molar-refractivity contribution is -0.119. The van der Waals surface area contributed by atoms with Crippen molar-refractivity contribution in [2.75, 3.05) is 0 Å². The minimum atomic E-state index is -0.576. The zero-order valence-electron chi connectivity index (χ0n) is 7.23. The second kappa shape index (κ2) is 5.61. The lowest BCUT2D eigenvalue weighted by atomic mass is 10.1. The number of amides is 1. The Morgan fingerprint density at radius 1 is 1.31 bits per heavy atom. The molecule has 72 valence electrons. The minimum absolute atomic E-state index is 0. The molecule has 0 unspecified atom stereocenters. The maximum absolute atomic E-state index is 10.6. The van der Waals surface area contributed by atoms with E-state index in [-0.39, 0.29) is 13.5 Å². The Morgan fingerprint density at radius 2 is 1.85 bits per heavy atom. The monoisotopic (exact) mass is 198 g/mol. The number of nitrogens with two attached hydrogens (primary N) is 2. The molecule has 4 N–H and O–H groups in total. The fraction of sp³-hybridized carbons (Fsp3) is 0.222. The smallest absolute Gasteiger partial charge is 0.234 e. The third kappa shape index (κ3) is 3.96. The maximum Gasteiger partial charge on any atom is 0.234 e. The van der Waals surface area contributed by atoms with E-state index in [1.54, 1.807) is 0 Å². The van der Waals surface area contributed by atoms with Crippen molar-refractivity contribution < 1.29 is 4.79 Å². The van der Waals surface area contributed by atoms with Gasteiger partial charge < -0.3 is 11.5 Å². The normalized spacial score (nSPS) is 11.5. The van der Waals surface area contributed by atoms with E-state index in [9.17, 15) is 4.79 Å². The first-order valence-corrected chi connectivity index (χ1v) is 3.79. The van der Waals surface area contributed by atoms with Gasteiger partial charge in [-0.15, -0.1) is 0 Å². The van der Waals surface area contributed by atoms with E-state index in [0.29, 0.717) is 6.42 Å². The molecule has 1 aromatic rings. The van der Waals surface area contributed by atoms with Crippen molar-refractivity contribution in [2.24, 2.45) is 11.5 Å². The van der Waals surface area contributed by atoms with E-state index < -0.39 is 11.9 Å². The number of carbonyl (C=O) groups excluding carboxylic acids is 1. The van der Waals surface area contributed by atoms with Crippen molar-refractivity contribution in [3.8, 4) is 0 Å². The molecule has 0 radical (unpaired) electrons. The molecule has 1 aromatic carbocycles. The van der Waals surface area contributed by atoms with Crippen LogP contribution in [0, 0.1) is 0 Å². The van der Waals surface area contributed by atoms with Gasteiger partial charge in [-0.2, -0.15) is 13.5 Å².